The second kappa shape index (κ2) is 10.8. The third kappa shape index (κ3) is 7.19. The van der Waals surface area contributed by atoms with Gasteiger partial charge in [0.1, 0.15) is 11.5 Å². The fourth-order valence-electron chi connectivity index (χ4n) is 2.29. The number of benzene rings is 2. The minimum atomic E-state index is -0.612. The average Bonchev–Trinajstić information content (AvgIpc) is 2.70. The van der Waals surface area contributed by atoms with Gasteiger partial charge in [-0.05, 0) is 48.9 Å². The SMILES string of the molecule is CCOc1ccc(OCC(=O)OCC(=O)NCc2ccc(N(C)C)cc2)cc1. The molecule has 2 aromatic carbocycles. The van der Waals surface area contributed by atoms with E-state index >= 15 is 0 Å². The van der Waals surface area contributed by atoms with Crippen molar-refractivity contribution in [2.45, 2.75) is 13.5 Å². The van der Waals surface area contributed by atoms with Gasteiger partial charge >= 0.3 is 5.97 Å². The van der Waals surface area contributed by atoms with E-state index in [4.69, 9.17) is 14.2 Å². The van der Waals surface area contributed by atoms with Crippen molar-refractivity contribution < 1.29 is 23.8 Å². The van der Waals surface area contributed by atoms with Crippen LogP contribution in [0.2, 0.25) is 0 Å². The Morgan fingerprint density at radius 3 is 2.07 bits per heavy atom. The van der Waals surface area contributed by atoms with Crippen LogP contribution in [0.3, 0.4) is 0 Å². The number of esters is 1. The van der Waals surface area contributed by atoms with E-state index < -0.39 is 5.97 Å². The van der Waals surface area contributed by atoms with Gasteiger partial charge in [0, 0.05) is 26.3 Å². The normalized spacial score (nSPS) is 10.1. The van der Waals surface area contributed by atoms with E-state index in [-0.39, 0.29) is 19.1 Å². The summed E-state index contributed by atoms with van der Waals surface area (Å²) in [5.74, 6) is 0.266. The second-order valence-electron chi connectivity index (χ2n) is 6.19. The van der Waals surface area contributed by atoms with Gasteiger partial charge in [-0.2, -0.15) is 0 Å². The first-order valence-electron chi connectivity index (χ1n) is 9.02. The summed E-state index contributed by atoms with van der Waals surface area (Å²) in [5, 5.41) is 2.71. The Bertz CT molecular complexity index is 757. The number of hydrogen-bond acceptors (Lipinski definition) is 6. The Kier molecular flexibility index (Phi) is 8.14. The monoisotopic (exact) mass is 386 g/mol. The first kappa shape index (κ1) is 21.1. The van der Waals surface area contributed by atoms with Crippen LogP contribution in [-0.4, -0.2) is 45.8 Å². The van der Waals surface area contributed by atoms with Gasteiger partial charge in [-0.1, -0.05) is 12.1 Å². The van der Waals surface area contributed by atoms with Gasteiger partial charge < -0.3 is 24.4 Å². The fraction of sp³-hybridized carbons (Fsp3) is 0.333. The van der Waals surface area contributed by atoms with Crippen molar-refractivity contribution in [3.8, 4) is 11.5 Å². The highest BCUT2D eigenvalue weighted by Gasteiger charge is 2.09. The summed E-state index contributed by atoms with van der Waals surface area (Å²) in [7, 11) is 3.93. The molecular formula is C21H26N2O5. The molecule has 0 heterocycles. The Hall–Kier alpha value is -3.22. The van der Waals surface area contributed by atoms with Crippen molar-refractivity contribution >= 4 is 17.6 Å². The van der Waals surface area contributed by atoms with Gasteiger partial charge in [-0.25, -0.2) is 4.79 Å². The predicted octanol–water partition coefficient (Wildman–Crippen LogP) is 2.39. The number of ether oxygens (including phenoxy) is 3. The average molecular weight is 386 g/mol. The maximum atomic E-state index is 11.8. The number of hydrogen-bond donors (Lipinski definition) is 1. The van der Waals surface area contributed by atoms with Crippen LogP contribution in [0.1, 0.15) is 12.5 Å². The molecule has 28 heavy (non-hydrogen) atoms. The number of amides is 1. The smallest absolute Gasteiger partial charge is 0.344 e. The van der Waals surface area contributed by atoms with Gasteiger partial charge in [0.2, 0.25) is 0 Å². The van der Waals surface area contributed by atoms with E-state index in [0.29, 0.717) is 18.9 Å². The molecule has 2 rings (SSSR count). The largest absolute Gasteiger partial charge is 0.494 e. The fourth-order valence-corrected chi connectivity index (χ4v) is 2.29. The highest BCUT2D eigenvalue weighted by Crippen LogP contribution is 2.17. The maximum absolute atomic E-state index is 11.8. The van der Waals surface area contributed by atoms with Gasteiger partial charge in [-0.3, -0.25) is 4.79 Å². The van der Waals surface area contributed by atoms with Crippen LogP contribution < -0.4 is 19.7 Å². The van der Waals surface area contributed by atoms with E-state index in [1.54, 1.807) is 24.3 Å². The molecule has 1 N–H and O–H groups in total. The van der Waals surface area contributed by atoms with E-state index in [9.17, 15) is 9.59 Å². The number of rotatable bonds is 10. The molecule has 0 aliphatic rings. The Balaban J connectivity index is 1.65. The standard InChI is InChI=1S/C21H26N2O5/c1-4-26-18-9-11-19(12-10-18)27-15-21(25)28-14-20(24)22-13-16-5-7-17(8-6-16)23(2)3/h5-12H,4,13-15H2,1-3H3,(H,22,24). The molecule has 7 heteroatoms. The molecule has 0 radical (unpaired) electrons. The first-order valence-corrected chi connectivity index (χ1v) is 9.02. The van der Waals surface area contributed by atoms with Crippen molar-refractivity contribution in [3.05, 3.63) is 54.1 Å². The van der Waals surface area contributed by atoms with E-state index in [2.05, 4.69) is 5.32 Å². The Labute approximate surface area is 165 Å². The lowest BCUT2D eigenvalue weighted by Gasteiger charge is -2.13. The molecule has 0 aromatic heterocycles. The molecule has 0 spiro atoms. The zero-order chi connectivity index (χ0) is 20.4. The summed E-state index contributed by atoms with van der Waals surface area (Å²) in [6.45, 7) is 2.23. The lowest BCUT2D eigenvalue weighted by Crippen LogP contribution is -2.29. The molecule has 1 amide bonds. The van der Waals surface area contributed by atoms with Crippen LogP contribution in [0.15, 0.2) is 48.5 Å². The minimum absolute atomic E-state index is 0.271. The molecule has 0 atom stereocenters. The van der Waals surface area contributed by atoms with Crippen LogP contribution >= 0.6 is 0 Å². The molecule has 0 saturated heterocycles. The number of nitrogens with one attached hydrogen (secondary N) is 1. The molecule has 0 unspecified atom stereocenters. The van der Waals surface area contributed by atoms with Gasteiger partial charge in [-0.15, -0.1) is 0 Å². The zero-order valence-corrected chi connectivity index (χ0v) is 16.4. The third-order valence-electron chi connectivity index (χ3n) is 3.80. The van der Waals surface area contributed by atoms with Gasteiger partial charge in [0.15, 0.2) is 13.2 Å². The van der Waals surface area contributed by atoms with E-state index in [1.807, 2.05) is 50.2 Å². The van der Waals surface area contributed by atoms with Crippen LogP contribution in [0.25, 0.3) is 0 Å². The summed E-state index contributed by atoms with van der Waals surface area (Å²) in [4.78, 5) is 25.5. The molecule has 150 valence electrons. The van der Waals surface area contributed by atoms with Crippen molar-refractivity contribution in [1.29, 1.82) is 0 Å². The van der Waals surface area contributed by atoms with Crippen LogP contribution in [0.5, 0.6) is 11.5 Å². The molecule has 0 fully saturated rings. The zero-order valence-electron chi connectivity index (χ0n) is 16.4. The Morgan fingerprint density at radius 1 is 0.893 bits per heavy atom. The molecule has 0 aliphatic carbocycles. The molecule has 7 nitrogen and oxygen atoms in total. The molecule has 2 aromatic rings. The van der Waals surface area contributed by atoms with Crippen LogP contribution in [0, 0.1) is 0 Å². The van der Waals surface area contributed by atoms with Gasteiger partial charge in [0.25, 0.3) is 5.91 Å². The number of anilines is 1. The summed E-state index contributed by atoms with van der Waals surface area (Å²) in [5.41, 5.74) is 2.04. The quantitative estimate of drug-likeness (QED) is 0.632. The summed E-state index contributed by atoms with van der Waals surface area (Å²) in [6, 6.07) is 14.7. The van der Waals surface area contributed by atoms with E-state index in [0.717, 1.165) is 17.0 Å². The Morgan fingerprint density at radius 2 is 1.50 bits per heavy atom. The second-order valence-corrected chi connectivity index (χ2v) is 6.19. The molecular weight excluding hydrogens is 360 g/mol. The maximum Gasteiger partial charge on any atom is 0.344 e. The highest BCUT2D eigenvalue weighted by atomic mass is 16.6. The topological polar surface area (TPSA) is 77.1 Å². The molecule has 0 aliphatic heterocycles. The van der Waals surface area contributed by atoms with Crippen molar-refractivity contribution in [2.24, 2.45) is 0 Å². The van der Waals surface area contributed by atoms with E-state index in [1.165, 1.54) is 0 Å². The summed E-state index contributed by atoms with van der Waals surface area (Å²) < 4.78 is 15.6. The minimum Gasteiger partial charge on any atom is -0.494 e. The molecule has 0 bridgehead atoms. The number of nitrogens with zero attached hydrogens (tertiary/aromatic N) is 1. The van der Waals surface area contributed by atoms with Crippen LogP contribution in [-0.2, 0) is 20.9 Å². The van der Waals surface area contributed by atoms with Crippen molar-refractivity contribution in [2.75, 3.05) is 38.8 Å². The highest BCUT2D eigenvalue weighted by molar-refractivity contribution is 5.80. The lowest BCUT2D eigenvalue weighted by molar-refractivity contribution is -0.150. The third-order valence-corrected chi connectivity index (χ3v) is 3.80. The predicted molar refractivity (Wildman–Crippen MR) is 107 cm³/mol. The van der Waals surface area contributed by atoms with Crippen molar-refractivity contribution in [3.63, 3.8) is 0 Å². The summed E-state index contributed by atoms with van der Waals surface area (Å²) >= 11 is 0. The van der Waals surface area contributed by atoms with Gasteiger partial charge in [0.05, 0.1) is 6.61 Å². The summed E-state index contributed by atoms with van der Waals surface area (Å²) in [6.07, 6.45) is 0. The lowest BCUT2D eigenvalue weighted by atomic mass is 10.2. The number of carbonyl (C=O) groups is 2. The first-order chi connectivity index (χ1) is 13.5. The molecule has 0 saturated carbocycles. The van der Waals surface area contributed by atoms with Crippen LogP contribution in [0.4, 0.5) is 5.69 Å². The number of carbonyl (C=O) groups excluding carboxylic acids is 2. The van der Waals surface area contributed by atoms with Crippen molar-refractivity contribution in [1.82, 2.24) is 5.32 Å².